The van der Waals surface area contributed by atoms with Gasteiger partial charge in [0, 0.05) is 19.4 Å². The van der Waals surface area contributed by atoms with E-state index in [1.54, 1.807) is 6.08 Å². The Balaban J connectivity index is 2.03. The van der Waals surface area contributed by atoms with E-state index in [4.69, 9.17) is 4.74 Å². The molecule has 1 saturated heterocycles. The first-order chi connectivity index (χ1) is 6.33. The molecule has 1 fully saturated rings. The summed E-state index contributed by atoms with van der Waals surface area (Å²) < 4.78 is 5.44. The van der Waals surface area contributed by atoms with E-state index in [0.29, 0.717) is 24.7 Å². The Morgan fingerprint density at radius 1 is 1.54 bits per heavy atom. The van der Waals surface area contributed by atoms with Crippen molar-refractivity contribution in [2.45, 2.75) is 44.6 Å². The summed E-state index contributed by atoms with van der Waals surface area (Å²) in [5, 5.41) is 0. The van der Waals surface area contributed by atoms with Crippen molar-refractivity contribution in [3.63, 3.8) is 0 Å². The molecule has 1 unspecified atom stereocenters. The first-order valence-corrected chi connectivity index (χ1v) is 5.07. The van der Waals surface area contributed by atoms with Crippen molar-refractivity contribution in [2.75, 3.05) is 6.61 Å². The van der Waals surface area contributed by atoms with Crippen LogP contribution in [0.2, 0.25) is 0 Å². The number of allylic oxidation sites excluding steroid dienone is 1. The molecule has 74 valence electrons. The third kappa shape index (κ3) is 4.23. The minimum absolute atomic E-state index is 0.343. The number of rotatable bonds is 6. The van der Waals surface area contributed by atoms with Gasteiger partial charge in [-0.25, -0.2) is 0 Å². The zero-order valence-electron chi connectivity index (χ0n) is 8.13. The summed E-state index contributed by atoms with van der Waals surface area (Å²) in [6.07, 6.45) is 7.49. The Kier molecular flexibility index (Phi) is 4.76. The highest BCUT2D eigenvalue weighted by Crippen LogP contribution is 2.17. The topological polar surface area (TPSA) is 26.3 Å². The second kappa shape index (κ2) is 5.92. The van der Waals surface area contributed by atoms with Gasteiger partial charge < -0.3 is 4.74 Å². The Morgan fingerprint density at radius 2 is 2.38 bits per heavy atom. The van der Waals surface area contributed by atoms with Gasteiger partial charge in [-0.2, -0.15) is 0 Å². The van der Waals surface area contributed by atoms with Gasteiger partial charge in [-0.3, -0.25) is 4.79 Å². The minimum atomic E-state index is 0.343. The molecule has 0 aromatic heterocycles. The van der Waals surface area contributed by atoms with Crippen LogP contribution < -0.4 is 0 Å². The monoisotopic (exact) mass is 182 g/mol. The third-order valence-corrected chi connectivity index (χ3v) is 2.40. The van der Waals surface area contributed by atoms with Gasteiger partial charge in [-0.05, 0) is 25.7 Å². The molecule has 0 aromatic carbocycles. The van der Waals surface area contributed by atoms with Crippen LogP contribution in [0.25, 0.3) is 0 Å². The van der Waals surface area contributed by atoms with Gasteiger partial charge >= 0.3 is 0 Å². The molecule has 0 spiro atoms. The average molecular weight is 182 g/mol. The van der Waals surface area contributed by atoms with Crippen molar-refractivity contribution in [1.29, 1.82) is 0 Å². The second-order valence-electron chi connectivity index (χ2n) is 3.54. The van der Waals surface area contributed by atoms with E-state index >= 15 is 0 Å². The van der Waals surface area contributed by atoms with E-state index in [-0.39, 0.29) is 0 Å². The maximum Gasteiger partial charge on any atom is 0.133 e. The van der Waals surface area contributed by atoms with E-state index in [1.807, 2.05) is 0 Å². The van der Waals surface area contributed by atoms with Gasteiger partial charge in [0.1, 0.15) is 5.78 Å². The summed E-state index contributed by atoms with van der Waals surface area (Å²) in [4.78, 5) is 11.3. The van der Waals surface area contributed by atoms with Crippen molar-refractivity contribution in [1.82, 2.24) is 0 Å². The lowest BCUT2D eigenvalue weighted by Crippen LogP contribution is -2.08. The minimum Gasteiger partial charge on any atom is -0.378 e. The summed E-state index contributed by atoms with van der Waals surface area (Å²) in [5.74, 6) is 0.343. The van der Waals surface area contributed by atoms with E-state index in [2.05, 4.69) is 6.58 Å². The van der Waals surface area contributed by atoms with Crippen LogP contribution >= 0.6 is 0 Å². The Morgan fingerprint density at radius 3 is 3.00 bits per heavy atom. The molecular weight excluding hydrogens is 164 g/mol. The van der Waals surface area contributed by atoms with Crippen LogP contribution in [0.3, 0.4) is 0 Å². The Hall–Kier alpha value is -0.630. The van der Waals surface area contributed by atoms with Gasteiger partial charge in [0.05, 0.1) is 6.10 Å². The van der Waals surface area contributed by atoms with Gasteiger partial charge in [0.25, 0.3) is 0 Å². The molecule has 0 saturated carbocycles. The summed E-state index contributed by atoms with van der Waals surface area (Å²) in [6, 6.07) is 0. The number of carbonyl (C=O) groups is 1. The molecule has 0 N–H and O–H groups in total. The summed E-state index contributed by atoms with van der Waals surface area (Å²) in [6.45, 7) is 4.47. The molecule has 0 amide bonds. The number of ether oxygens (including phenoxy) is 1. The quantitative estimate of drug-likeness (QED) is 0.590. The fourth-order valence-electron chi connectivity index (χ4n) is 1.58. The average Bonchev–Trinajstić information content (AvgIpc) is 2.64. The van der Waals surface area contributed by atoms with Gasteiger partial charge in [-0.1, -0.05) is 6.08 Å². The SMILES string of the molecule is C=CCCC(=O)CCC1CCCO1. The first-order valence-electron chi connectivity index (χ1n) is 5.07. The Bertz CT molecular complexity index is 169. The summed E-state index contributed by atoms with van der Waals surface area (Å²) >= 11 is 0. The number of carbonyl (C=O) groups excluding carboxylic acids is 1. The van der Waals surface area contributed by atoms with Gasteiger partial charge in [0.15, 0.2) is 0 Å². The molecule has 2 heteroatoms. The second-order valence-corrected chi connectivity index (χ2v) is 3.54. The maximum absolute atomic E-state index is 11.3. The van der Waals surface area contributed by atoms with E-state index in [0.717, 1.165) is 32.3 Å². The molecule has 13 heavy (non-hydrogen) atoms. The molecule has 0 aromatic rings. The van der Waals surface area contributed by atoms with Crippen molar-refractivity contribution in [3.05, 3.63) is 12.7 Å². The standard InChI is InChI=1S/C11H18O2/c1-2-3-5-10(12)7-8-11-6-4-9-13-11/h2,11H,1,3-9H2. The predicted molar refractivity (Wildman–Crippen MR) is 52.6 cm³/mol. The third-order valence-electron chi connectivity index (χ3n) is 2.40. The molecule has 1 atom stereocenters. The van der Waals surface area contributed by atoms with Crippen LogP contribution in [-0.4, -0.2) is 18.5 Å². The van der Waals surface area contributed by atoms with Crippen LogP contribution in [-0.2, 0) is 9.53 Å². The van der Waals surface area contributed by atoms with Crippen LogP contribution in [0.4, 0.5) is 0 Å². The molecule has 1 aliphatic heterocycles. The molecule has 0 aliphatic carbocycles. The van der Waals surface area contributed by atoms with Crippen LogP contribution in [0.5, 0.6) is 0 Å². The highest BCUT2D eigenvalue weighted by molar-refractivity contribution is 5.78. The number of ketones is 1. The van der Waals surface area contributed by atoms with Crippen molar-refractivity contribution in [2.24, 2.45) is 0 Å². The van der Waals surface area contributed by atoms with Crippen LogP contribution in [0.1, 0.15) is 38.5 Å². The number of hydrogen-bond acceptors (Lipinski definition) is 2. The lowest BCUT2D eigenvalue weighted by Gasteiger charge is -2.07. The summed E-state index contributed by atoms with van der Waals surface area (Å²) in [7, 11) is 0. The van der Waals surface area contributed by atoms with Crippen molar-refractivity contribution < 1.29 is 9.53 Å². The van der Waals surface area contributed by atoms with E-state index in [9.17, 15) is 4.79 Å². The van der Waals surface area contributed by atoms with Gasteiger partial charge in [0.2, 0.25) is 0 Å². The van der Waals surface area contributed by atoms with E-state index < -0.39 is 0 Å². The largest absolute Gasteiger partial charge is 0.378 e. The summed E-state index contributed by atoms with van der Waals surface area (Å²) in [5.41, 5.74) is 0. The van der Waals surface area contributed by atoms with E-state index in [1.165, 1.54) is 0 Å². The molecule has 1 heterocycles. The smallest absolute Gasteiger partial charge is 0.133 e. The van der Waals surface area contributed by atoms with Crippen molar-refractivity contribution >= 4 is 5.78 Å². The zero-order chi connectivity index (χ0) is 9.52. The predicted octanol–water partition coefficient (Wildman–Crippen LogP) is 2.48. The highest BCUT2D eigenvalue weighted by Gasteiger charge is 2.16. The van der Waals surface area contributed by atoms with Crippen molar-refractivity contribution in [3.8, 4) is 0 Å². The highest BCUT2D eigenvalue weighted by atomic mass is 16.5. The zero-order valence-corrected chi connectivity index (χ0v) is 8.13. The lowest BCUT2D eigenvalue weighted by molar-refractivity contribution is -0.119. The number of hydrogen-bond donors (Lipinski definition) is 0. The molecular formula is C11H18O2. The normalized spacial score (nSPS) is 21.7. The van der Waals surface area contributed by atoms with Gasteiger partial charge in [-0.15, -0.1) is 6.58 Å². The number of Topliss-reactive ketones (excluding diaryl/α,β-unsaturated/α-hetero) is 1. The fourth-order valence-corrected chi connectivity index (χ4v) is 1.58. The molecule has 0 bridgehead atoms. The maximum atomic E-state index is 11.3. The van der Waals surface area contributed by atoms with Crippen LogP contribution in [0.15, 0.2) is 12.7 Å². The molecule has 0 radical (unpaired) electrons. The fraction of sp³-hybridized carbons (Fsp3) is 0.727. The first kappa shape index (κ1) is 10.5. The van der Waals surface area contributed by atoms with Crippen LogP contribution in [0, 0.1) is 0 Å². The molecule has 2 nitrogen and oxygen atoms in total. The molecule has 1 rings (SSSR count). The molecule has 1 aliphatic rings. The lowest BCUT2D eigenvalue weighted by atomic mass is 10.1. The Labute approximate surface area is 80.0 Å².